The van der Waals surface area contributed by atoms with Crippen molar-refractivity contribution in [3.63, 3.8) is 0 Å². The van der Waals surface area contributed by atoms with Gasteiger partial charge in [-0.1, -0.05) is 58.2 Å². The molecule has 180 valence electrons. The van der Waals surface area contributed by atoms with E-state index in [4.69, 9.17) is 5.10 Å². The summed E-state index contributed by atoms with van der Waals surface area (Å²) >= 11 is 0. The molecule has 7 heteroatoms. The number of carbonyl (C=O) groups excluding carboxylic acids is 2. The number of piperidine rings is 1. The number of nitrogens with one attached hydrogen (secondary N) is 1. The molecule has 2 amide bonds. The van der Waals surface area contributed by atoms with Gasteiger partial charge in [0, 0.05) is 25.0 Å². The lowest BCUT2D eigenvalue weighted by atomic mass is 9.85. The van der Waals surface area contributed by atoms with Gasteiger partial charge in [-0.3, -0.25) is 14.3 Å². The van der Waals surface area contributed by atoms with Crippen molar-refractivity contribution < 1.29 is 14.7 Å². The van der Waals surface area contributed by atoms with E-state index in [1.165, 1.54) is 32.1 Å². The highest BCUT2D eigenvalue weighted by Crippen LogP contribution is 2.28. The maximum absolute atomic E-state index is 13.5. The number of carbonyl (C=O) groups is 2. The first kappa shape index (κ1) is 23.7. The minimum Gasteiger partial charge on any atom is -0.393 e. The van der Waals surface area contributed by atoms with Crippen LogP contribution in [0, 0.1) is 11.3 Å². The van der Waals surface area contributed by atoms with Crippen molar-refractivity contribution >= 4 is 22.7 Å². The molecule has 0 unspecified atom stereocenters. The number of aliphatic hydroxyl groups excluding tert-OH is 1. The number of aliphatic hydroxyl groups is 1. The van der Waals surface area contributed by atoms with E-state index in [-0.39, 0.29) is 17.9 Å². The molecule has 0 bridgehead atoms. The minimum absolute atomic E-state index is 0.0892. The predicted octanol–water partition coefficient (Wildman–Crippen LogP) is 3.74. The van der Waals surface area contributed by atoms with Crippen LogP contribution in [0.25, 0.3) is 10.9 Å². The van der Waals surface area contributed by atoms with Crippen LogP contribution < -0.4 is 5.32 Å². The summed E-state index contributed by atoms with van der Waals surface area (Å²) < 4.78 is 1.99. The molecule has 4 rings (SSSR count). The molecule has 7 nitrogen and oxygen atoms in total. The summed E-state index contributed by atoms with van der Waals surface area (Å²) in [6.45, 7) is 7.76. The molecule has 1 aliphatic heterocycles. The molecule has 1 aliphatic carbocycles. The van der Waals surface area contributed by atoms with Crippen LogP contribution in [0.5, 0.6) is 0 Å². The SMILES string of the molecule is CC(C)(C)[C@H](NC(=O)c1nn(CC2CCCCC2)c2ccccc12)C(=O)N1CCC(O)CC1. The quantitative estimate of drug-likeness (QED) is 0.720. The number of rotatable bonds is 5. The number of fused-ring (bicyclic) bond motifs is 1. The molecule has 0 spiro atoms. The van der Waals surface area contributed by atoms with Crippen LogP contribution >= 0.6 is 0 Å². The molecule has 1 aromatic heterocycles. The van der Waals surface area contributed by atoms with E-state index in [9.17, 15) is 14.7 Å². The molecule has 2 fully saturated rings. The number of benzene rings is 1. The smallest absolute Gasteiger partial charge is 0.273 e. The Morgan fingerprint density at radius 3 is 2.42 bits per heavy atom. The van der Waals surface area contributed by atoms with Crippen LogP contribution in [0.2, 0.25) is 0 Å². The maximum atomic E-state index is 13.5. The first-order valence-electron chi connectivity index (χ1n) is 12.5. The van der Waals surface area contributed by atoms with Gasteiger partial charge in [0.05, 0.1) is 11.6 Å². The maximum Gasteiger partial charge on any atom is 0.273 e. The molecule has 2 N–H and O–H groups in total. The molecule has 33 heavy (non-hydrogen) atoms. The predicted molar refractivity (Wildman–Crippen MR) is 129 cm³/mol. The average molecular weight is 455 g/mol. The number of hydrogen-bond donors (Lipinski definition) is 2. The molecule has 1 saturated heterocycles. The van der Waals surface area contributed by atoms with Crippen LogP contribution in [0.3, 0.4) is 0 Å². The van der Waals surface area contributed by atoms with Crippen LogP contribution in [0.15, 0.2) is 24.3 Å². The van der Waals surface area contributed by atoms with Gasteiger partial charge < -0.3 is 15.3 Å². The zero-order chi connectivity index (χ0) is 23.6. The largest absolute Gasteiger partial charge is 0.393 e. The van der Waals surface area contributed by atoms with E-state index in [1.807, 2.05) is 49.7 Å². The van der Waals surface area contributed by atoms with Gasteiger partial charge in [-0.05, 0) is 43.1 Å². The number of hydrogen-bond acceptors (Lipinski definition) is 4. The third-order valence-electron chi connectivity index (χ3n) is 7.19. The second-order valence-electron chi connectivity index (χ2n) is 10.9. The zero-order valence-corrected chi connectivity index (χ0v) is 20.2. The highest BCUT2D eigenvalue weighted by atomic mass is 16.3. The Labute approximate surface area is 196 Å². The van der Waals surface area contributed by atoms with Crippen LogP contribution in [-0.2, 0) is 11.3 Å². The van der Waals surface area contributed by atoms with E-state index in [2.05, 4.69) is 5.32 Å². The monoisotopic (exact) mass is 454 g/mol. The lowest BCUT2D eigenvalue weighted by Crippen LogP contribution is -2.56. The van der Waals surface area contributed by atoms with Crippen LogP contribution in [-0.4, -0.2) is 56.8 Å². The van der Waals surface area contributed by atoms with E-state index in [0.29, 0.717) is 37.5 Å². The fraction of sp³-hybridized carbons (Fsp3) is 0.654. The van der Waals surface area contributed by atoms with Gasteiger partial charge in [0.2, 0.25) is 5.91 Å². The summed E-state index contributed by atoms with van der Waals surface area (Å²) in [5, 5.41) is 18.4. The zero-order valence-electron chi connectivity index (χ0n) is 20.2. The normalized spacial score (nSPS) is 19.6. The third kappa shape index (κ3) is 5.40. The molecule has 0 radical (unpaired) electrons. The number of aromatic nitrogens is 2. The van der Waals surface area contributed by atoms with Crippen molar-refractivity contribution in [2.75, 3.05) is 13.1 Å². The second kappa shape index (κ2) is 9.84. The summed E-state index contributed by atoms with van der Waals surface area (Å²) in [4.78, 5) is 28.6. The summed E-state index contributed by atoms with van der Waals surface area (Å²) in [6, 6.07) is 7.21. The van der Waals surface area contributed by atoms with Crippen molar-refractivity contribution in [2.24, 2.45) is 11.3 Å². The van der Waals surface area contributed by atoms with Gasteiger partial charge in [-0.25, -0.2) is 0 Å². The highest BCUT2D eigenvalue weighted by molar-refractivity contribution is 6.06. The van der Waals surface area contributed by atoms with Crippen molar-refractivity contribution in [1.29, 1.82) is 0 Å². The van der Waals surface area contributed by atoms with Crippen molar-refractivity contribution in [3.05, 3.63) is 30.0 Å². The summed E-state index contributed by atoms with van der Waals surface area (Å²) in [6.07, 6.45) is 7.06. The molecule has 1 saturated carbocycles. The number of nitrogens with zero attached hydrogens (tertiary/aromatic N) is 3. The fourth-order valence-electron chi connectivity index (χ4n) is 5.17. The van der Waals surface area contributed by atoms with Gasteiger partial charge in [0.25, 0.3) is 5.91 Å². The summed E-state index contributed by atoms with van der Waals surface area (Å²) in [7, 11) is 0. The molecule has 1 aromatic carbocycles. The Bertz CT molecular complexity index is 979. The van der Waals surface area contributed by atoms with Crippen molar-refractivity contribution in [2.45, 2.75) is 84.4 Å². The molecular formula is C26H38N4O3. The Morgan fingerprint density at radius 1 is 1.09 bits per heavy atom. The Hall–Kier alpha value is -2.41. The number of amides is 2. The summed E-state index contributed by atoms with van der Waals surface area (Å²) in [5.41, 5.74) is 0.901. The molecule has 2 aliphatic rings. The number of para-hydroxylation sites is 1. The fourth-order valence-corrected chi connectivity index (χ4v) is 5.17. The third-order valence-corrected chi connectivity index (χ3v) is 7.19. The van der Waals surface area contributed by atoms with Gasteiger partial charge in [0.15, 0.2) is 5.69 Å². The van der Waals surface area contributed by atoms with Crippen molar-refractivity contribution in [1.82, 2.24) is 20.0 Å². The average Bonchev–Trinajstić information content (AvgIpc) is 3.16. The van der Waals surface area contributed by atoms with E-state index in [1.54, 1.807) is 4.90 Å². The highest BCUT2D eigenvalue weighted by Gasteiger charge is 2.37. The van der Waals surface area contributed by atoms with E-state index < -0.39 is 11.5 Å². The summed E-state index contributed by atoms with van der Waals surface area (Å²) in [5.74, 6) is 0.198. The molecular weight excluding hydrogens is 416 g/mol. The van der Waals surface area contributed by atoms with E-state index in [0.717, 1.165) is 17.4 Å². The Kier molecular flexibility index (Phi) is 7.07. The van der Waals surface area contributed by atoms with Gasteiger partial charge in [0.1, 0.15) is 6.04 Å². The Balaban J connectivity index is 1.56. The molecule has 2 heterocycles. The first-order valence-corrected chi connectivity index (χ1v) is 12.5. The topological polar surface area (TPSA) is 87.5 Å². The van der Waals surface area contributed by atoms with Crippen LogP contribution in [0.1, 0.15) is 76.2 Å². The lowest BCUT2D eigenvalue weighted by molar-refractivity contribution is -0.137. The standard InChI is InChI=1S/C26H38N4O3/c1-26(2,3)23(25(33)29-15-13-19(31)14-16-29)27-24(32)22-20-11-7-8-12-21(20)30(28-22)17-18-9-5-4-6-10-18/h7-8,11-12,18-19,23,31H,4-6,9-10,13-17H2,1-3H3,(H,27,32)/t23-/m1/s1. The van der Waals surface area contributed by atoms with Crippen LogP contribution in [0.4, 0.5) is 0 Å². The minimum atomic E-state index is -0.664. The number of likely N-dealkylation sites (tertiary alicyclic amines) is 1. The molecule has 1 atom stereocenters. The van der Waals surface area contributed by atoms with Crippen molar-refractivity contribution in [3.8, 4) is 0 Å². The lowest BCUT2D eigenvalue weighted by Gasteiger charge is -2.37. The van der Waals surface area contributed by atoms with Gasteiger partial charge >= 0.3 is 0 Å². The Morgan fingerprint density at radius 2 is 1.76 bits per heavy atom. The first-order chi connectivity index (χ1) is 15.7. The van der Waals surface area contributed by atoms with Gasteiger partial charge in [-0.2, -0.15) is 5.10 Å². The molecule has 2 aromatic rings. The second-order valence-corrected chi connectivity index (χ2v) is 10.9. The van der Waals surface area contributed by atoms with Gasteiger partial charge in [-0.15, -0.1) is 0 Å². The van der Waals surface area contributed by atoms with E-state index >= 15 is 0 Å².